The number of pyridine rings is 1. The Bertz CT molecular complexity index is 1470. The van der Waals surface area contributed by atoms with E-state index in [0.29, 0.717) is 24.6 Å². The third-order valence-corrected chi connectivity index (χ3v) is 7.79. The Kier molecular flexibility index (Phi) is 10.7. The van der Waals surface area contributed by atoms with Gasteiger partial charge in [0.15, 0.2) is 0 Å². The van der Waals surface area contributed by atoms with Crippen molar-refractivity contribution < 1.29 is 32.7 Å². The van der Waals surface area contributed by atoms with Crippen LogP contribution in [0.1, 0.15) is 61.9 Å². The van der Waals surface area contributed by atoms with Crippen LogP contribution in [0.15, 0.2) is 36.4 Å². The first-order valence-corrected chi connectivity index (χ1v) is 14.8. The Morgan fingerprint density at radius 1 is 0.977 bits per heavy atom. The van der Waals surface area contributed by atoms with E-state index in [1.54, 1.807) is 4.90 Å². The molecular formula is C32H37F3N4O4. The zero-order valence-electron chi connectivity index (χ0n) is 24.5. The summed E-state index contributed by atoms with van der Waals surface area (Å²) in [5, 5.41) is 12.4. The monoisotopic (exact) mass is 598 g/mol. The van der Waals surface area contributed by atoms with Gasteiger partial charge in [0.25, 0.3) is 5.91 Å². The molecule has 0 bridgehead atoms. The highest BCUT2D eigenvalue weighted by Gasteiger charge is 2.29. The first-order chi connectivity index (χ1) is 20.7. The number of carbonyl (C=O) groups excluding carboxylic acids is 2. The van der Waals surface area contributed by atoms with Crippen molar-refractivity contribution in [3.05, 3.63) is 65.0 Å². The zero-order chi connectivity index (χ0) is 31.1. The minimum atomic E-state index is -1.13. The predicted octanol–water partition coefficient (Wildman–Crippen LogP) is 5.38. The van der Waals surface area contributed by atoms with Crippen molar-refractivity contribution in [1.29, 1.82) is 0 Å². The lowest BCUT2D eigenvalue weighted by Gasteiger charge is -2.34. The number of halogens is 3. The van der Waals surface area contributed by atoms with E-state index in [1.807, 2.05) is 13.8 Å². The molecule has 0 atom stereocenters. The second-order valence-corrected chi connectivity index (χ2v) is 10.8. The lowest BCUT2D eigenvalue weighted by molar-refractivity contribution is -0.147. The van der Waals surface area contributed by atoms with E-state index in [4.69, 9.17) is 5.11 Å². The molecule has 0 unspecified atom stereocenters. The van der Waals surface area contributed by atoms with E-state index in [9.17, 15) is 27.6 Å². The van der Waals surface area contributed by atoms with E-state index in [1.165, 1.54) is 23.1 Å². The van der Waals surface area contributed by atoms with E-state index in [0.717, 1.165) is 50.3 Å². The number of amides is 2. The number of carboxylic acids is 1. The fourth-order valence-electron chi connectivity index (χ4n) is 5.78. The highest BCUT2D eigenvalue weighted by molar-refractivity contribution is 6.09. The van der Waals surface area contributed by atoms with Gasteiger partial charge >= 0.3 is 5.97 Å². The molecule has 43 heavy (non-hydrogen) atoms. The third kappa shape index (κ3) is 7.90. The number of piperazine rings is 1. The lowest BCUT2D eigenvalue weighted by Crippen LogP contribution is -2.51. The number of aliphatic carboxylic acids is 1. The first-order valence-electron chi connectivity index (χ1n) is 14.8. The molecular weight excluding hydrogens is 561 g/mol. The van der Waals surface area contributed by atoms with Crippen LogP contribution in [-0.2, 0) is 16.1 Å². The summed E-state index contributed by atoms with van der Waals surface area (Å²) in [7, 11) is 0. The summed E-state index contributed by atoms with van der Waals surface area (Å²) in [5.74, 6) is -3.90. The molecule has 1 saturated heterocycles. The molecule has 2 aromatic carbocycles. The van der Waals surface area contributed by atoms with Gasteiger partial charge in [-0.15, -0.1) is 0 Å². The van der Waals surface area contributed by atoms with Gasteiger partial charge < -0.3 is 15.3 Å². The number of aromatic nitrogens is 1. The van der Waals surface area contributed by atoms with Crippen molar-refractivity contribution in [2.45, 2.75) is 52.5 Å². The number of nitrogens with zero attached hydrogens (tertiary/aromatic N) is 3. The maximum absolute atomic E-state index is 14.5. The van der Waals surface area contributed by atoms with Crippen molar-refractivity contribution in [1.82, 2.24) is 20.1 Å². The first kappa shape index (κ1) is 31.9. The van der Waals surface area contributed by atoms with Crippen LogP contribution in [0, 0.1) is 23.4 Å². The summed E-state index contributed by atoms with van der Waals surface area (Å²) in [4.78, 5) is 45.3. The van der Waals surface area contributed by atoms with Gasteiger partial charge in [-0.3, -0.25) is 19.3 Å². The molecule has 0 radical (unpaired) electrons. The highest BCUT2D eigenvalue weighted by atomic mass is 19.1. The number of benzene rings is 2. The summed E-state index contributed by atoms with van der Waals surface area (Å²) in [6, 6.07) is 6.80. The van der Waals surface area contributed by atoms with Crippen LogP contribution in [0.25, 0.3) is 22.2 Å². The third-order valence-electron chi connectivity index (χ3n) is 7.79. The Labute approximate surface area is 248 Å². The highest BCUT2D eigenvalue weighted by Crippen LogP contribution is 2.33. The van der Waals surface area contributed by atoms with E-state index >= 15 is 0 Å². The minimum absolute atomic E-state index is 0.00818. The Hall–Kier alpha value is -3.99. The lowest BCUT2D eigenvalue weighted by atomic mass is 9.89. The Morgan fingerprint density at radius 2 is 1.67 bits per heavy atom. The van der Waals surface area contributed by atoms with Crippen molar-refractivity contribution in [3.63, 3.8) is 0 Å². The van der Waals surface area contributed by atoms with Crippen molar-refractivity contribution in [2.24, 2.45) is 5.92 Å². The summed E-state index contributed by atoms with van der Waals surface area (Å²) >= 11 is 0. The number of carboxylic acid groups (broad SMARTS) is 1. The normalized spacial score (nSPS) is 16.1. The minimum Gasteiger partial charge on any atom is -0.480 e. The molecule has 230 valence electrons. The molecule has 5 rings (SSSR count). The maximum atomic E-state index is 14.5. The molecule has 3 aromatic rings. The SMILES string of the molecule is CC.O=C(O)CN1CCN(Cc2c(-c3cc(F)cc(F)c3)nc3ccc(F)cc3c2C(=O)NCC2CCCCC2)CC1=O. The van der Waals surface area contributed by atoms with Crippen molar-refractivity contribution >= 4 is 28.7 Å². The van der Waals surface area contributed by atoms with Crippen LogP contribution in [0.4, 0.5) is 13.2 Å². The average Bonchev–Trinajstić information content (AvgIpc) is 2.98. The molecule has 11 heteroatoms. The molecule has 1 saturated carbocycles. The van der Waals surface area contributed by atoms with Gasteiger partial charge in [0.2, 0.25) is 5.91 Å². The molecule has 2 fully saturated rings. The van der Waals surface area contributed by atoms with Gasteiger partial charge in [0.1, 0.15) is 24.0 Å². The van der Waals surface area contributed by atoms with Crippen LogP contribution in [0.2, 0.25) is 0 Å². The molecule has 1 aliphatic carbocycles. The van der Waals surface area contributed by atoms with Crippen molar-refractivity contribution in [3.8, 4) is 11.3 Å². The van der Waals surface area contributed by atoms with Gasteiger partial charge in [0.05, 0.1) is 23.3 Å². The molecule has 2 N–H and O–H groups in total. The second kappa shape index (κ2) is 14.5. The van der Waals surface area contributed by atoms with E-state index in [-0.39, 0.29) is 47.4 Å². The van der Waals surface area contributed by atoms with E-state index in [2.05, 4.69) is 10.3 Å². The van der Waals surface area contributed by atoms with E-state index < -0.39 is 41.8 Å². The molecule has 8 nitrogen and oxygen atoms in total. The van der Waals surface area contributed by atoms with Gasteiger partial charge in [-0.05, 0) is 49.1 Å². The van der Waals surface area contributed by atoms with Gasteiger partial charge in [-0.25, -0.2) is 18.2 Å². The average molecular weight is 599 g/mol. The molecule has 0 spiro atoms. The Balaban J connectivity index is 0.00000207. The number of fused-ring (bicyclic) bond motifs is 1. The zero-order valence-corrected chi connectivity index (χ0v) is 24.5. The summed E-state index contributed by atoms with van der Waals surface area (Å²) < 4.78 is 43.2. The van der Waals surface area contributed by atoms with Crippen LogP contribution in [0.3, 0.4) is 0 Å². The van der Waals surface area contributed by atoms with Crippen LogP contribution >= 0.6 is 0 Å². The van der Waals surface area contributed by atoms with Gasteiger partial charge in [0, 0.05) is 48.8 Å². The van der Waals surface area contributed by atoms with Gasteiger partial charge in [-0.2, -0.15) is 0 Å². The van der Waals surface area contributed by atoms with Crippen LogP contribution in [0.5, 0.6) is 0 Å². The largest absolute Gasteiger partial charge is 0.480 e. The number of rotatable bonds is 8. The maximum Gasteiger partial charge on any atom is 0.323 e. The molecule has 1 aliphatic heterocycles. The summed E-state index contributed by atoms with van der Waals surface area (Å²) in [5.41, 5.74) is 0.950. The van der Waals surface area contributed by atoms with Crippen LogP contribution < -0.4 is 5.32 Å². The number of hydrogen-bond acceptors (Lipinski definition) is 5. The molecule has 2 heterocycles. The van der Waals surface area contributed by atoms with Crippen molar-refractivity contribution in [2.75, 3.05) is 32.7 Å². The van der Waals surface area contributed by atoms with Crippen LogP contribution in [-0.4, -0.2) is 70.4 Å². The topological polar surface area (TPSA) is 103 Å². The second-order valence-electron chi connectivity index (χ2n) is 10.8. The summed E-state index contributed by atoms with van der Waals surface area (Å²) in [6.45, 7) is 4.31. The fraction of sp³-hybridized carbons (Fsp3) is 0.438. The molecule has 2 aliphatic rings. The summed E-state index contributed by atoms with van der Waals surface area (Å²) in [6.07, 6.45) is 5.33. The number of carbonyl (C=O) groups is 3. The number of hydrogen-bond donors (Lipinski definition) is 2. The standard InChI is InChI=1S/C30H31F3N4O4.C2H6/c31-20-6-7-25-23(13-20)28(30(41)34-14-18-4-2-1-3-5-18)24(29(35-25)19-10-21(32)12-22(33)11-19)15-36-8-9-37(17-27(39)40)26(38)16-36;1-2/h6-7,10-13,18H,1-5,8-9,14-17H2,(H,34,41)(H,39,40);1-2H3. The molecule has 1 aromatic heterocycles. The predicted molar refractivity (Wildman–Crippen MR) is 157 cm³/mol. The number of nitrogens with one attached hydrogen (secondary N) is 1. The molecule has 2 amide bonds. The smallest absolute Gasteiger partial charge is 0.323 e. The quantitative estimate of drug-likeness (QED) is 0.361. The fourth-order valence-corrected chi connectivity index (χ4v) is 5.78. The Morgan fingerprint density at radius 3 is 2.33 bits per heavy atom. The van der Waals surface area contributed by atoms with Gasteiger partial charge in [-0.1, -0.05) is 33.1 Å².